The largest absolute Gasteiger partial charge is 0.196 e. The number of nitriles is 1. The third-order valence-electron chi connectivity index (χ3n) is 2.05. The van der Waals surface area contributed by atoms with E-state index >= 15 is 0 Å². The summed E-state index contributed by atoms with van der Waals surface area (Å²) < 4.78 is 4.19. The van der Waals surface area contributed by atoms with Gasteiger partial charge in [0, 0.05) is 16.8 Å². The smallest absolute Gasteiger partial charge is 0.102 e. The zero-order valence-electron chi connectivity index (χ0n) is 7.77. The van der Waals surface area contributed by atoms with Crippen molar-refractivity contribution >= 4 is 23.1 Å². The molecule has 15 heavy (non-hydrogen) atoms. The Balaban J connectivity index is 2.23. The number of aromatic nitrogens is 1. The quantitative estimate of drug-likeness (QED) is 0.800. The minimum absolute atomic E-state index is 0.662. The monoisotopic (exact) mass is 234 g/mol. The molecule has 0 unspecified atom stereocenters. The van der Waals surface area contributed by atoms with Gasteiger partial charge in [0.2, 0.25) is 0 Å². The Morgan fingerprint density at radius 1 is 1.33 bits per heavy atom. The van der Waals surface area contributed by atoms with Gasteiger partial charge in [0.25, 0.3) is 0 Å². The number of benzene rings is 1. The van der Waals surface area contributed by atoms with Gasteiger partial charge in [-0.2, -0.15) is 9.64 Å². The van der Waals surface area contributed by atoms with Crippen LogP contribution in [0.1, 0.15) is 16.8 Å². The van der Waals surface area contributed by atoms with Crippen LogP contribution >= 0.6 is 23.1 Å². The Bertz CT molecular complexity index is 496. The predicted octanol–water partition coefficient (Wildman–Crippen LogP) is 3.26. The average Bonchev–Trinajstić information content (AvgIpc) is 2.69. The average molecular weight is 235 g/mol. The van der Waals surface area contributed by atoms with Gasteiger partial charge in [-0.15, -0.1) is 0 Å². The summed E-state index contributed by atoms with van der Waals surface area (Å²) in [6.07, 6.45) is 0.684. The zero-order valence-corrected chi connectivity index (χ0v) is 9.35. The van der Waals surface area contributed by atoms with Gasteiger partial charge in [-0.1, -0.05) is 23.7 Å². The van der Waals surface area contributed by atoms with E-state index in [0.29, 0.717) is 12.0 Å². The van der Waals surface area contributed by atoms with Gasteiger partial charge in [-0.25, -0.2) is 0 Å². The number of hydrogen-bond donors (Lipinski definition) is 0. The first-order valence-electron chi connectivity index (χ1n) is 4.37. The fraction of sp³-hybridized carbons (Fsp3) is 0.0909. The summed E-state index contributed by atoms with van der Waals surface area (Å²) in [6, 6.07) is 9.71. The molecule has 2 aromatic rings. The fourth-order valence-electron chi connectivity index (χ4n) is 1.27. The highest BCUT2D eigenvalue weighted by atomic mass is 35.5. The van der Waals surface area contributed by atoms with E-state index in [1.807, 2.05) is 24.3 Å². The van der Waals surface area contributed by atoms with Gasteiger partial charge >= 0.3 is 0 Å². The standard InChI is InChI=1S/C11H7ClN2S/c12-10-3-1-8(2-4-10)5-11-9(6-13)7-15-14-11/h1-4,7H,5H2. The van der Waals surface area contributed by atoms with Crippen molar-refractivity contribution in [2.75, 3.05) is 0 Å². The summed E-state index contributed by atoms with van der Waals surface area (Å²) in [5.41, 5.74) is 2.61. The molecule has 0 fully saturated rings. The number of nitrogens with zero attached hydrogens (tertiary/aromatic N) is 2. The first kappa shape index (κ1) is 10.2. The predicted molar refractivity (Wildman–Crippen MR) is 61.1 cm³/mol. The lowest BCUT2D eigenvalue weighted by molar-refractivity contribution is 1.12. The van der Waals surface area contributed by atoms with Crippen molar-refractivity contribution in [3.05, 3.63) is 51.5 Å². The highest BCUT2D eigenvalue weighted by Crippen LogP contribution is 2.16. The van der Waals surface area contributed by atoms with Crippen molar-refractivity contribution in [1.29, 1.82) is 5.26 Å². The van der Waals surface area contributed by atoms with E-state index in [-0.39, 0.29) is 0 Å². The van der Waals surface area contributed by atoms with Crippen LogP contribution in [0.3, 0.4) is 0 Å². The molecule has 0 spiro atoms. The minimum Gasteiger partial charge on any atom is -0.196 e. The second-order valence-corrected chi connectivity index (χ2v) is 4.16. The van der Waals surface area contributed by atoms with Crippen LogP contribution in [0.2, 0.25) is 5.02 Å². The molecule has 0 atom stereocenters. The van der Waals surface area contributed by atoms with Crippen LogP contribution in [0.4, 0.5) is 0 Å². The maximum atomic E-state index is 8.83. The fourth-order valence-corrected chi connectivity index (χ4v) is 2.04. The molecule has 0 bridgehead atoms. The Kier molecular flexibility index (Phi) is 3.00. The van der Waals surface area contributed by atoms with E-state index in [0.717, 1.165) is 16.3 Å². The van der Waals surface area contributed by atoms with E-state index in [1.54, 1.807) is 5.38 Å². The Hall–Kier alpha value is -1.37. The molecule has 0 N–H and O–H groups in total. The number of hydrogen-bond acceptors (Lipinski definition) is 3. The molecule has 0 aliphatic rings. The van der Waals surface area contributed by atoms with Crippen LogP contribution in [-0.4, -0.2) is 4.37 Å². The van der Waals surface area contributed by atoms with Crippen molar-refractivity contribution in [3.8, 4) is 6.07 Å². The van der Waals surface area contributed by atoms with Crippen LogP contribution in [0.25, 0.3) is 0 Å². The molecule has 0 amide bonds. The number of halogens is 1. The Labute approximate surface area is 96.9 Å². The lowest BCUT2D eigenvalue weighted by atomic mass is 10.1. The lowest BCUT2D eigenvalue weighted by Crippen LogP contribution is -1.90. The molecular formula is C11H7ClN2S. The van der Waals surface area contributed by atoms with Gasteiger partial charge in [0.05, 0.1) is 11.3 Å². The molecule has 2 nitrogen and oxygen atoms in total. The molecule has 0 radical (unpaired) electrons. The highest BCUT2D eigenvalue weighted by molar-refractivity contribution is 7.03. The van der Waals surface area contributed by atoms with Crippen molar-refractivity contribution < 1.29 is 0 Å². The zero-order chi connectivity index (χ0) is 10.7. The molecule has 1 aromatic carbocycles. The molecule has 1 heterocycles. The van der Waals surface area contributed by atoms with Crippen molar-refractivity contribution in [2.45, 2.75) is 6.42 Å². The second kappa shape index (κ2) is 4.43. The first-order valence-corrected chi connectivity index (χ1v) is 5.59. The van der Waals surface area contributed by atoms with Gasteiger partial charge in [0.15, 0.2) is 0 Å². The minimum atomic E-state index is 0.662. The third kappa shape index (κ3) is 2.35. The summed E-state index contributed by atoms with van der Waals surface area (Å²) >= 11 is 7.10. The highest BCUT2D eigenvalue weighted by Gasteiger charge is 2.05. The molecule has 4 heteroatoms. The van der Waals surface area contributed by atoms with Gasteiger partial charge in [0.1, 0.15) is 6.07 Å². The lowest BCUT2D eigenvalue weighted by Gasteiger charge is -1.98. The Morgan fingerprint density at radius 3 is 2.73 bits per heavy atom. The molecule has 2 rings (SSSR count). The molecular weight excluding hydrogens is 228 g/mol. The summed E-state index contributed by atoms with van der Waals surface area (Å²) in [6.45, 7) is 0. The second-order valence-electron chi connectivity index (χ2n) is 3.09. The van der Waals surface area contributed by atoms with E-state index < -0.39 is 0 Å². The van der Waals surface area contributed by atoms with Gasteiger partial charge < -0.3 is 0 Å². The van der Waals surface area contributed by atoms with Crippen molar-refractivity contribution in [2.24, 2.45) is 0 Å². The third-order valence-corrected chi connectivity index (χ3v) is 2.97. The summed E-state index contributed by atoms with van der Waals surface area (Å²) in [7, 11) is 0. The summed E-state index contributed by atoms with van der Waals surface area (Å²) in [5, 5.41) is 11.3. The van der Waals surface area contributed by atoms with E-state index in [1.165, 1.54) is 11.5 Å². The van der Waals surface area contributed by atoms with Crippen LogP contribution in [0, 0.1) is 11.3 Å². The van der Waals surface area contributed by atoms with Crippen LogP contribution < -0.4 is 0 Å². The van der Waals surface area contributed by atoms with E-state index in [9.17, 15) is 0 Å². The maximum Gasteiger partial charge on any atom is 0.102 e. The van der Waals surface area contributed by atoms with Crippen LogP contribution in [0.15, 0.2) is 29.6 Å². The molecule has 0 aliphatic heterocycles. The molecule has 0 aliphatic carbocycles. The summed E-state index contributed by atoms with van der Waals surface area (Å²) in [5.74, 6) is 0. The molecule has 0 saturated carbocycles. The topological polar surface area (TPSA) is 36.7 Å². The SMILES string of the molecule is N#Cc1csnc1Cc1ccc(Cl)cc1. The first-order chi connectivity index (χ1) is 7.29. The van der Waals surface area contributed by atoms with Crippen molar-refractivity contribution in [1.82, 2.24) is 4.37 Å². The van der Waals surface area contributed by atoms with Gasteiger partial charge in [-0.3, -0.25) is 0 Å². The Morgan fingerprint density at radius 2 is 2.07 bits per heavy atom. The molecule has 0 saturated heterocycles. The van der Waals surface area contributed by atoms with Gasteiger partial charge in [-0.05, 0) is 29.2 Å². The van der Waals surface area contributed by atoms with E-state index in [2.05, 4.69) is 10.4 Å². The normalized spacial score (nSPS) is 9.87. The molecule has 1 aromatic heterocycles. The molecule has 74 valence electrons. The van der Waals surface area contributed by atoms with E-state index in [4.69, 9.17) is 16.9 Å². The van der Waals surface area contributed by atoms with Crippen LogP contribution in [-0.2, 0) is 6.42 Å². The number of rotatable bonds is 2. The maximum absolute atomic E-state index is 8.83. The summed E-state index contributed by atoms with van der Waals surface area (Å²) in [4.78, 5) is 0. The van der Waals surface area contributed by atoms with Crippen LogP contribution in [0.5, 0.6) is 0 Å². The van der Waals surface area contributed by atoms with Crippen molar-refractivity contribution in [3.63, 3.8) is 0 Å².